The van der Waals surface area contributed by atoms with Crippen LogP contribution in [0.15, 0.2) is 46.0 Å². The molecule has 2 aromatic heterocycles. The summed E-state index contributed by atoms with van der Waals surface area (Å²) < 4.78 is 1.79. The molecule has 134 valence electrons. The van der Waals surface area contributed by atoms with E-state index >= 15 is 0 Å². The Labute approximate surface area is 148 Å². The van der Waals surface area contributed by atoms with Crippen LogP contribution in [-0.2, 0) is 6.54 Å². The lowest BCUT2D eigenvalue weighted by atomic mass is 10.1. The Morgan fingerprint density at radius 1 is 0.962 bits per heavy atom. The molecule has 7 heteroatoms. The third-order valence-electron chi connectivity index (χ3n) is 4.77. The molecule has 4 rings (SSSR count). The zero-order valence-corrected chi connectivity index (χ0v) is 14.1. The molecule has 0 radical (unpaired) electrons. The predicted molar refractivity (Wildman–Crippen MR) is 99.9 cm³/mol. The first kappa shape index (κ1) is 16.7. The van der Waals surface area contributed by atoms with Crippen molar-refractivity contribution in [3.8, 4) is 0 Å². The molecule has 0 unspecified atom stereocenters. The van der Waals surface area contributed by atoms with Crippen molar-refractivity contribution in [1.29, 1.82) is 0 Å². The number of aromatic nitrogens is 2. The van der Waals surface area contributed by atoms with Crippen LogP contribution in [0.25, 0.3) is 27.2 Å². The molecule has 0 bridgehead atoms. The highest BCUT2D eigenvalue weighted by Gasteiger charge is 2.19. The van der Waals surface area contributed by atoms with Gasteiger partial charge in [-0.15, -0.1) is 0 Å². The number of rotatable bonds is 6. The van der Waals surface area contributed by atoms with Crippen LogP contribution in [-0.4, -0.2) is 51.0 Å². The second kappa shape index (κ2) is 6.53. The summed E-state index contributed by atoms with van der Waals surface area (Å²) in [7, 11) is 0. The summed E-state index contributed by atoms with van der Waals surface area (Å²) in [6, 6.07) is 10.3. The molecule has 2 heterocycles. The number of hydrogen-bond donors (Lipinski definition) is 3. The van der Waals surface area contributed by atoms with Crippen molar-refractivity contribution >= 4 is 27.2 Å². The first-order chi connectivity index (χ1) is 12.7. The minimum absolute atomic E-state index is 0.0179. The summed E-state index contributed by atoms with van der Waals surface area (Å²) in [6.45, 7) is 1.26. The second-order valence-electron chi connectivity index (χ2n) is 6.33. The molecule has 3 N–H and O–H groups in total. The first-order valence-corrected chi connectivity index (χ1v) is 8.50. The van der Waals surface area contributed by atoms with Gasteiger partial charge in [0, 0.05) is 30.4 Å². The van der Waals surface area contributed by atoms with E-state index in [0.717, 1.165) is 11.1 Å². The Kier molecular flexibility index (Phi) is 4.20. The minimum atomic E-state index is -0.293. The van der Waals surface area contributed by atoms with Gasteiger partial charge in [0.15, 0.2) is 5.43 Å². The third-order valence-corrected chi connectivity index (χ3v) is 4.77. The van der Waals surface area contributed by atoms with Gasteiger partial charge in [0.2, 0.25) is 5.43 Å². The van der Waals surface area contributed by atoms with E-state index in [-0.39, 0.29) is 29.5 Å². The van der Waals surface area contributed by atoms with Crippen molar-refractivity contribution in [2.45, 2.75) is 6.54 Å². The second-order valence-corrected chi connectivity index (χ2v) is 6.33. The molecule has 0 saturated heterocycles. The highest BCUT2D eigenvalue weighted by atomic mass is 16.3. The van der Waals surface area contributed by atoms with E-state index in [1.807, 2.05) is 17.0 Å². The van der Waals surface area contributed by atoms with Gasteiger partial charge in [-0.2, -0.15) is 0 Å². The molecular formula is C19H19N3O4. The van der Waals surface area contributed by atoms with Crippen LogP contribution < -0.4 is 10.9 Å². The number of H-pyrrole nitrogens is 1. The zero-order chi connectivity index (χ0) is 18.3. The number of hydrogen-bond acceptors (Lipinski definition) is 5. The highest BCUT2D eigenvalue weighted by molar-refractivity contribution is 6.02. The number of fused-ring (bicyclic) bond motifs is 2. The summed E-state index contributed by atoms with van der Waals surface area (Å²) in [5, 5.41) is 23.2. The molecule has 0 aliphatic rings. The van der Waals surface area contributed by atoms with E-state index in [1.54, 1.807) is 22.7 Å². The topological polar surface area (TPSA) is 98.0 Å². The van der Waals surface area contributed by atoms with Gasteiger partial charge in [0.25, 0.3) is 0 Å². The van der Waals surface area contributed by atoms with Crippen molar-refractivity contribution < 1.29 is 10.2 Å². The summed E-state index contributed by atoms with van der Waals surface area (Å²) in [5.74, 6) is 0. The molecule has 4 aromatic rings. The quantitative estimate of drug-likeness (QED) is 0.439. The largest absolute Gasteiger partial charge is 0.395 e. The molecule has 0 saturated carbocycles. The Morgan fingerprint density at radius 2 is 1.69 bits per heavy atom. The van der Waals surface area contributed by atoms with Gasteiger partial charge in [0.05, 0.1) is 35.3 Å². The van der Waals surface area contributed by atoms with Crippen LogP contribution in [0.5, 0.6) is 0 Å². The average Bonchev–Trinajstić information content (AvgIpc) is 3.00. The number of aliphatic hydroxyl groups is 2. The van der Waals surface area contributed by atoms with Crippen LogP contribution in [0.3, 0.4) is 0 Å². The predicted octanol–water partition coefficient (Wildman–Crippen LogP) is 0.519. The summed E-state index contributed by atoms with van der Waals surface area (Å²) in [5.41, 5.74) is 1.57. The Bertz CT molecular complexity index is 1190. The number of para-hydroxylation sites is 1. The van der Waals surface area contributed by atoms with Crippen LogP contribution in [0.2, 0.25) is 0 Å². The van der Waals surface area contributed by atoms with Gasteiger partial charge in [-0.05, 0) is 24.3 Å². The van der Waals surface area contributed by atoms with Gasteiger partial charge in [-0.25, -0.2) is 0 Å². The number of aliphatic hydroxyl groups excluding tert-OH is 2. The molecule has 2 aromatic carbocycles. The molecule has 0 aliphatic carbocycles. The molecule has 7 nitrogen and oxygen atoms in total. The normalized spacial score (nSPS) is 12.1. The third kappa shape index (κ3) is 2.48. The molecular weight excluding hydrogens is 334 g/mol. The van der Waals surface area contributed by atoms with E-state index in [2.05, 4.69) is 5.10 Å². The van der Waals surface area contributed by atoms with Gasteiger partial charge in [0.1, 0.15) is 0 Å². The van der Waals surface area contributed by atoms with Crippen LogP contribution in [0, 0.1) is 0 Å². The van der Waals surface area contributed by atoms with Crippen LogP contribution in [0.4, 0.5) is 0 Å². The molecule has 0 atom stereocenters. The average molecular weight is 353 g/mol. The van der Waals surface area contributed by atoms with Crippen LogP contribution in [0.1, 0.15) is 5.69 Å². The van der Waals surface area contributed by atoms with Gasteiger partial charge in [-0.1, -0.05) is 12.1 Å². The standard InChI is InChI=1S/C19H19N3O4/c23-9-7-21(8-10-24)11-14-12-5-6-16(25)17-18(12)22(20-14)15-4-2-1-3-13(15)19(17)26/h1-6,20,23-24H,7-11H2. The van der Waals surface area contributed by atoms with Crippen molar-refractivity contribution in [3.63, 3.8) is 0 Å². The molecule has 0 aliphatic heterocycles. The Morgan fingerprint density at radius 3 is 2.42 bits per heavy atom. The van der Waals surface area contributed by atoms with Crippen molar-refractivity contribution in [3.05, 3.63) is 62.5 Å². The zero-order valence-electron chi connectivity index (χ0n) is 14.1. The lowest BCUT2D eigenvalue weighted by Crippen LogP contribution is -2.29. The van der Waals surface area contributed by atoms with Gasteiger partial charge < -0.3 is 10.2 Å². The van der Waals surface area contributed by atoms with Crippen molar-refractivity contribution in [2.24, 2.45) is 0 Å². The maximum Gasteiger partial charge on any atom is 0.201 e. The summed E-state index contributed by atoms with van der Waals surface area (Å²) in [4.78, 5) is 27.1. The van der Waals surface area contributed by atoms with E-state index in [0.29, 0.717) is 36.1 Å². The number of nitrogens with zero attached hydrogens (tertiary/aromatic N) is 2. The molecule has 0 amide bonds. The van der Waals surface area contributed by atoms with Gasteiger partial charge in [-0.3, -0.25) is 24.1 Å². The molecule has 0 spiro atoms. The maximum atomic E-state index is 12.8. The highest BCUT2D eigenvalue weighted by Crippen LogP contribution is 2.24. The van der Waals surface area contributed by atoms with Crippen LogP contribution >= 0.6 is 0 Å². The van der Waals surface area contributed by atoms with E-state index in [1.165, 1.54) is 6.07 Å². The van der Waals surface area contributed by atoms with Crippen molar-refractivity contribution in [2.75, 3.05) is 26.3 Å². The van der Waals surface area contributed by atoms with E-state index in [9.17, 15) is 19.8 Å². The van der Waals surface area contributed by atoms with Gasteiger partial charge >= 0.3 is 0 Å². The Hall–Kier alpha value is -2.74. The fourth-order valence-electron chi connectivity index (χ4n) is 3.59. The number of benzene rings is 2. The Balaban J connectivity index is 2.03. The molecule has 0 fully saturated rings. The minimum Gasteiger partial charge on any atom is -0.395 e. The lowest BCUT2D eigenvalue weighted by Gasteiger charge is -2.19. The fourth-order valence-corrected chi connectivity index (χ4v) is 3.59. The van der Waals surface area contributed by atoms with E-state index in [4.69, 9.17) is 0 Å². The molecule has 26 heavy (non-hydrogen) atoms. The summed E-state index contributed by atoms with van der Waals surface area (Å²) >= 11 is 0. The van der Waals surface area contributed by atoms with Crippen molar-refractivity contribution in [1.82, 2.24) is 14.5 Å². The first-order valence-electron chi connectivity index (χ1n) is 8.50. The number of pyridine rings is 1. The van der Waals surface area contributed by atoms with E-state index < -0.39 is 0 Å². The number of aromatic amines is 1. The monoisotopic (exact) mass is 353 g/mol. The lowest BCUT2D eigenvalue weighted by molar-refractivity contribution is 0.155. The summed E-state index contributed by atoms with van der Waals surface area (Å²) in [6.07, 6.45) is 0. The number of nitrogens with one attached hydrogen (secondary N) is 1. The smallest absolute Gasteiger partial charge is 0.201 e. The fraction of sp³-hybridized carbons (Fsp3) is 0.263. The maximum absolute atomic E-state index is 12.8. The SMILES string of the molecule is O=c1ccc2c(CN(CCO)CCO)[nH]n3c4ccccc4c(=O)c1c23.